The van der Waals surface area contributed by atoms with Crippen molar-refractivity contribution in [3.8, 4) is 0 Å². The molecule has 1 aromatic heterocycles. The van der Waals surface area contributed by atoms with Crippen LogP contribution in [-0.4, -0.2) is 82.2 Å². The van der Waals surface area contributed by atoms with E-state index in [0.717, 1.165) is 0 Å². The number of hydrogen-bond acceptors (Lipinski definition) is 9. The van der Waals surface area contributed by atoms with E-state index in [2.05, 4.69) is 15.0 Å². The molecular weight excluding hydrogens is 384 g/mol. The summed E-state index contributed by atoms with van der Waals surface area (Å²) in [7, 11) is 0. The fraction of sp³-hybridized carbons (Fsp3) is 0. The van der Waals surface area contributed by atoms with Crippen molar-refractivity contribution in [1.29, 1.82) is 0 Å². The predicted octanol–water partition coefficient (Wildman–Crippen LogP) is 0.359. The lowest BCUT2D eigenvalue weighted by molar-refractivity contribution is 0.182. The molecule has 0 aromatic carbocycles. The van der Waals surface area contributed by atoms with E-state index in [0.29, 0.717) is 0 Å². The molecule has 0 bridgehead atoms. The topological polar surface area (TPSA) is 272 Å². The van der Waals surface area contributed by atoms with Gasteiger partial charge in [0, 0.05) is 0 Å². The molecule has 0 unspecified atom stereocenters. The van der Waals surface area contributed by atoms with Gasteiger partial charge in [0.15, 0.2) is 0 Å². The van der Waals surface area contributed by atoms with Crippen LogP contribution >= 0.6 is 0 Å². The molecule has 1 heterocycles. The first kappa shape index (κ1) is 20.3. The highest BCUT2D eigenvalue weighted by atomic mass is 16.4. The zero-order valence-corrected chi connectivity index (χ0v) is 12.3. The molecular formula is C9H6N6O12. The summed E-state index contributed by atoms with van der Waals surface area (Å²) in [6.45, 7) is 0. The van der Waals surface area contributed by atoms with Gasteiger partial charge in [-0.3, -0.25) is 0 Å². The molecule has 6 amide bonds. The van der Waals surface area contributed by atoms with E-state index in [1.54, 1.807) is 0 Å². The Hall–Kier alpha value is -4.77. The first-order valence-electron chi connectivity index (χ1n) is 5.92. The van der Waals surface area contributed by atoms with E-state index in [1.807, 2.05) is 0 Å². The van der Waals surface area contributed by atoms with Crippen LogP contribution < -0.4 is 14.7 Å². The number of rotatable bonds is 3. The van der Waals surface area contributed by atoms with Gasteiger partial charge in [-0.15, -0.1) is 14.7 Å². The van der Waals surface area contributed by atoms with Crippen LogP contribution in [0.1, 0.15) is 0 Å². The minimum Gasteiger partial charge on any atom is -0.464 e. The van der Waals surface area contributed by atoms with Crippen LogP contribution in [0.5, 0.6) is 0 Å². The van der Waals surface area contributed by atoms with Crippen LogP contribution in [0, 0.1) is 0 Å². The van der Waals surface area contributed by atoms with E-state index in [4.69, 9.17) is 30.6 Å². The molecule has 6 N–H and O–H groups in total. The van der Waals surface area contributed by atoms with E-state index in [-0.39, 0.29) is 0 Å². The van der Waals surface area contributed by atoms with Gasteiger partial charge in [-0.2, -0.15) is 15.0 Å². The zero-order valence-electron chi connectivity index (χ0n) is 12.3. The number of imide groups is 3. The van der Waals surface area contributed by atoms with E-state index >= 15 is 0 Å². The van der Waals surface area contributed by atoms with Gasteiger partial charge in [0.1, 0.15) is 0 Å². The SMILES string of the molecule is O=C(O)N(C(=O)O)c1nc(N(C(=O)O)C(=O)O)nc(N(C(=O)O)C(=O)O)n1. The van der Waals surface area contributed by atoms with Crippen LogP contribution in [0.3, 0.4) is 0 Å². The summed E-state index contributed by atoms with van der Waals surface area (Å²) >= 11 is 0. The van der Waals surface area contributed by atoms with E-state index < -0.39 is 69.1 Å². The second-order valence-corrected chi connectivity index (χ2v) is 3.94. The van der Waals surface area contributed by atoms with E-state index in [9.17, 15) is 28.8 Å². The van der Waals surface area contributed by atoms with Gasteiger partial charge in [0.05, 0.1) is 0 Å². The lowest BCUT2D eigenvalue weighted by Crippen LogP contribution is -2.41. The van der Waals surface area contributed by atoms with Crippen molar-refractivity contribution in [3.63, 3.8) is 0 Å². The van der Waals surface area contributed by atoms with Gasteiger partial charge in [-0.1, -0.05) is 0 Å². The maximum atomic E-state index is 11.0. The summed E-state index contributed by atoms with van der Waals surface area (Å²) < 4.78 is 0. The number of hydrogen-bond donors (Lipinski definition) is 6. The lowest BCUT2D eigenvalue weighted by Gasteiger charge is -2.18. The molecule has 1 rings (SSSR count). The number of nitrogens with zero attached hydrogens (tertiary/aromatic N) is 6. The molecule has 18 heteroatoms. The fourth-order valence-corrected chi connectivity index (χ4v) is 1.40. The van der Waals surface area contributed by atoms with Crippen molar-refractivity contribution in [1.82, 2.24) is 15.0 Å². The lowest BCUT2D eigenvalue weighted by atomic mass is 10.6. The summed E-state index contributed by atoms with van der Waals surface area (Å²) in [6, 6.07) is 0. The number of anilines is 3. The van der Waals surface area contributed by atoms with E-state index in [1.165, 1.54) is 0 Å². The molecule has 18 nitrogen and oxygen atoms in total. The normalized spacial score (nSPS) is 9.78. The van der Waals surface area contributed by atoms with Gasteiger partial charge < -0.3 is 30.6 Å². The molecule has 27 heavy (non-hydrogen) atoms. The van der Waals surface area contributed by atoms with Crippen molar-refractivity contribution in [3.05, 3.63) is 0 Å². The second-order valence-electron chi connectivity index (χ2n) is 3.94. The molecule has 1 aromatic rings. The summed E-state index contributed by atoms with van der Waals surface area (Å²) in [5.74, 6) is -4.47. The minimum absolute atomic E-state index is 0.668. The third kappa shape index (κ3) is 4.20. The Morgan fingerprint density at radius 2 is 0.593 bits per heavy atom. The molecule has 0 saturated carbocycles. The molecule has 0 fully saturated rings. The highest BCUT2D eigenvalue weighted by Crippen LogP contribution is 2.20. The molecule has 0 radical (unpaired) electrons. The highest BCUT2D eigenvalue weighted by molar-refractivity contribution is 6.10. The summed E-state index contributed by atoms with van der Waals surface area (Å²) in [5, 5.41) is 53.1. The molecule has 0 aliphatic heterocycles. The van der Waals surface area contributed by atoms with Crippen LogP contribution in [0.4, 0.5) is 46.6 Å². The highest BCUT2D eigenvalue weighted by Gasteiger charge is 2.34. The average molecular weight is 390 g/mol. The smallest absolute Gasteiger partial charge is 0.424 e. The summed E-state index contributed by atoms with van der Waals surface area (Å²) in [6.07, 6.45) is -13.6. The van der Waals surface area contributed by atoms with Crippen molar-refractivity contribution in [2.75, 3.05) is 14.7 Å². The third-order valence-electron chi connectivity index (χ3n) is 2.35. The Morgan fingerprint density at radius 1 is 0.444 bits per heavy atom. The summed E-state index contributed by atoms with van der Waals surface area (Å²) in [5.41, 5.74) is 0. The van der Waals surface area contributed by atoms with Crippen molar-refractivity contribution < 1.29 is 59.4 Å². The van der Waals surface area contributed by atoms with Crippen LogP contribution in [-0.2, 0) is 0 Å². The zero-order chi connectivity index (χ0) is 21.0. The number of amides is 6. The Bertz CT molecular complexity index is 690. The van der Waals surface area contributed by atoms with Crippen molar-refractivity contribution in [2.24, 2.45) is 0 Å². The number of carboxylic acid groups (broad SMARTS) is 6. The van der Waals surface area contributed by atoms with Crippen LogP contribution in [0.25, 0.3) is 0 Å². The predicted molar refractivity (Wildman–Crippen MR) is 75.4 cm³/mol. The Labute approximate surface area is 144 Å². The monoisotopic (exact) mass is 390 g/mol. The van der Waals surface area contributed by atoms with Gasteiger partial charge in [0.2, 0.25) is 0 Å². The third-order valence-corrected chi connectivity index (χ3v) is 2.35. The second kappa shape index (κ2) is 7.42. The number of aromatic nitrogens is 3. The number of carbonyl (C=O) groups is 6. The fourth-order valence-electron chi connectivity index (χ4n) is 1.40. The quantitative estimate of drug-likeness (QED) is 0.406. The molecule has 0 atom stereocenters. The maximum Gasteiger partial charge on any atom is 0.424 e. The van der Waals surface area contributed by atoms with Gasteiger partial charge >= 0.3 is 36.6 Å². The Morgan fingerprint density at radius 3 is 0.704 bits per heavy atom. The standard InChI is InChI=1S/C9H6N6O12/c16-4(17)13(5(18)19)1-10-2(14(6(20)21)7(22)23)12-3(11-1)15(8(24)25)9(26)27/h(H,16,17)(H,18,19)(H,20,21)(H,22,23)(H,24,25)(H,26,27). The molecule has 0 aliphatic rings. The largest absolute Gasteiger partial charge is 0.464 e. The first-order valence-corrected chi connectivity index (χ1v) is 5.92. The Kier molecular flexibility index (Phi) is 5.57. The van der Waals surface area contributed by atoms with Gasteiger partial charge in [0.25, 0.3) is 17.8 Å². The molecule has 0 spiro atoms. The van der Waals surface area contributed by atoms with Crippen molar-refractivity contribution >= 4 is 54.4 Å². The van der Waals surface area contributed by atoms with Crippen molar-refractivity contribution in [2.45, 2.75) is 0 Å². The minimum atomic E-state index is -2.26. The molecule has 0 saturated heterocycles. The van der Waals surface area contributed by atoms with Crippen LogP contribution in [0.15, 0.2) is 0 Å². The van der Waals surface area contributed by atoms with Crippen LogP contribution in [0.2, 0.25) is 0 Å². The van der Waals surface area contributed by atoms with Gasteiger partial charge in [-0.25, -0.2) is 28.8 Å². The average Bonchev–Trinajstić information content (AvgIpc) is 2.44. The molecule has 144 valence electrons. The Balaban J connectivity index is 3.84. The summed E-state index contributed by atoms with van der Waals surface area (Å²) in [4.78, 5) is 73.0. The molecule has 0 aliphatic carbocycles. The maximum absolute atomic E-state index is 11.0. The van der Waals surface area contributed by atoms with Gasteiger partial charge in [-0.05, 0) is 0 Å². The first-order chi connectivity index (χ1) is 12.4.